The van der Waals surface area contributed by atoms with Crippen molar-refractivity contribution in [1.29, 1.82) is 0 Å². The minimum absolute atomic E-state index is 0. The minimum atomic E-state index is 0. The number of rotatable bonds is 5. The van der Waals surface area contributed by atoms with Gasteiger partial charge < -0.3 is 15.6 Å². The van der Waals surface area contributed by atoms with Crippen LogP contribution in [-0.4, -0.2) is 23.1 Å². The minimum Gasteiger partial charge on any atom is -0.352 e. The fourth-order valence-electron chi connectivity index (χ4n) is 3.42. The molecule has 22 heavy (non-hydrogen) atoms. The molecule has 126 valence electrons. The van der Waals surface area contributed by atoms with E-state index in [0.717, 1.165) is 17.7 Å². The van der Waals surface area contributed by atoms with Crippen LogP contribution in [0.3, 0.4) is 0 Å². The third-order valence-corrected chi connectivity index (χ3v) is 4.55. The second kappa shape index (κ2) is 8.59. The van der Waals surface area contributed by atoms with Gasteiger partial charge in [-0.3, -0.25) is 4.79 Å². The highest BCUT2D eigenvalue weighted by Gasteiger charge is 2.22. The quantitative estimate of drug-likeness (QED) is 0.869. The molecule has 4 nitrogen and oxygen atoms in total. The predicted molar refractivity (Wildman–Crippen MR) is 93.9 cm³/mol. The Morgan fingerprint density at radius 1 is 1.36 bits per heavy atom. The zero-order valence-corrected chi connectivity index (χ0v) is 14.8. The maximum absolute atomic E-state index is 12.3. The molecule has 0 radical (unpaired) electrons. The second-order valence-corrected chi connectivity index (χ2v) is 6.47. The first-order valence-electron chi connectivity index (χ1n) is 8.23. The number of amides is 1. The van der Waals surface area contributed by atoms with E-state index in [1.165, 1.54) is 37.8 Å². The summed E-state index contributed by atoms with van der Waals surface area (Å²) in [5.74, 6) is 0.0332. The molecule has 1 aromatic heterocycles. The summed E-state index contributed by atoms with van der Waals surface area (Å²) in [7, 11) is 0. The van der Waals surface area contributed by atoms with Crippen LogP contribution in [0.25, 0.3) is 0 Å². The van der Waals surface area contributed by atoms with Crippen LogP contribution in [0.15, 0.2) is 6.07 Å². The summed E-state index contributed by atoms with van der Waals surface area (Å²) in [5.41, 5.74) is 8.85. The fraction of sp³-hybridized carbons (Fsp3) is 0.706. The van der Waals surface area contributed by atoms with E-state index < -0.39 is 0 Å². The number of halogens is 1. The van der Waals surface area contributed by atoms with E-state index in [-0.39, 0.29) is 24.4 Å². The number of nitrogens with one attached hydrogen (secondary N) is 1. The molecule has 0 aromatic carbocycles. The number of nitrogens with two attached hydrogens (primary N) is 1. The molecule has 1 aliphatic carbocycles. The van der Waals surface area contributed by atoms with Crippen LogP contribution in [0, 0.1) is 13.8 Å². The molecule has 0 saturated heterocycles. The summed E-state index contributed by atoms with van der Waals surface area (Å²) >= 11 is 0. The van der Waals surface area contributed by atoms with Gasteiger partial charge in [-0.15, -0.1) is 12.4 Å². The molecule has 1 amide bonds. The molecule has 3 N–H and O–H groups in total. The Bertz CT molecular complexity index is 490. The van der Waals surface area contributed by atoms with Crippen LogP contribution < -0.4 is 11.1 Å². The Hall–Kier alpha value is -1.000. The molecular weight excluding hydrogens is 298 g/mol. The average Bonchev–Trinajstić information content (AvgIpc) is 2.74. The number of carbonyl (C=O) groups excluding carboxylic acids is 1. The number of aryl methyl sites for hydroxylation is 1. The van der Waals surface area contributed by atoms with Crippen molar-refractivity contribution in [3.8, 4) is 0 Å². The van der Waals surface area contributed by atoms with Gasteiger partial charge in [0.15, 0.2) is 0 Å². The number of aromatic nitrogens is 1. The van der Waals surface area contributed by atoms with Gasteiger partial charge in [0.05, 0.1) is 5.56 Å². The van der Waals surface area contributed by atoms with E-state index in [4.69, 9.17) is 5.73 Å². The Labute approximate surface area is 140 Å². The first-order valence-corrected chi connectivity index (χ1v) is 8.23. The van der Waals surface area contributed by atoms with Crippen molar-refractivity contribution in [2.24, 2.45) is 5.73 Å². The predicted octanol–water partition coefficient (Wildman–Crippen LogP) is 3.50. The molecule has 0 bridgehead atoms. The Balaban J connectivity index is 0.00000242. The topological polar surface area (TPSA) is 60.1 Å². The van der Waals surface area contributed by atoms with Crippen molar-refractivity contribution in [2.45, 2.75) is 71.4 Å². The number of nitrogens with zero attached hydrogens (tertiary/aromatic N) is 1. The SMILES string of the molecule is Cc1cc(C(=O)NCCC(C)N)c(C)n1C1CCCCC1.Cl. The lowest BCUT2D eigenvalue weighted by atomic mass is 9.95. The lowest BCUT2D eigenvalue weighted by molar-refractivity contribution is 0.0952. The van der Waals surface area contributed by atoms with Gasteiger partial charge in [-0.25, -0.2) is 0 Å². The number of hydrogen-bond acceptors (Lipinski definition) is 2. The van der Waals surface area contributed by atoms with Crippen molar-refractivity contribution < 1.29 is 4.79 Å². The molecule has 0 spiro atoms. The van der Waals surface area contributed by atoms with E-state index in [1.54, 1.807) is 0 Å². The summed E-state index contributed by atoms with van der Waals surface area (Å²) < 4.78 is 2.37. The maximum atomic E-state index is 12.3. The first kappa shape index (κ1) is 19.0. The summed E-state index contributed by atoms with van der Waals surface area (Å²) in [6.07, 6.45) is 7.24. The molecule has 1 atom stereocenters. The van der Waals surface area contributed by atoms with E-state index in [0.29, 0.717) is 12.6 Å². The summed E-state index contributed by atoms with van der Waals surface area (Å²) in [6.45, 7) is 6.78. The van der Waals surface area contributed by atoms with Crippen molar-refractivity contribution in [3.05, 3.63) is 23.0 Å². The number of carbonyl (C=O) groups is 1. The summed E-state index contributed by atoms with van der Waals surface area (Å²) in [6, 6.07) is 2.73. The van der Waals surface area contributed by atoms with E-state index in [9.17, 15) is 4.79 Å². The molecule has 0 aliphatic heterocycles. The second-order valence-electron chi connectivity index (χ2n) is 6.47. The van der Waals surface area contributed by atoms with Crippen molar-refractivity contribution in [2.75, 3.05) is 6.54 Å². The monoisotopic (exact) mass is 327 g/mol. The zero-order chi connectivity index (χ0) is 15.4. The van der Waals surface area contributed by atoms with Crippen LogP contribution in [0.5, 0.6) is 0 Å². The van der Waals surface area contributed by atoms with Gasteiger partial charge in [0.1, 0.15) is 0 Å². The maximum Gasteiger partial charge on any atom is 0.253 e. The summed E-state index contributed by atoms with van der Waals surface area (Å²) in [5, 5.41) is 2.98. The molecule has 1 saturated carbocycles. The van der Waals surface area contributed by atoms with Gasteiger partial charge in [-0.05, 0) is 46.1 Å². The third-order valence-electron chi connectivity index (χ3n) is 4.55. The highest BCUT2D eigenvalue weighted by atomic mass is 35.5. The van der Waals surface area contributed by atoms with Crippen LogP contribution in [0.1, 0.15) is 73.2 Å². The largest absolute Gasteiger partial charge is 0.352 e. The van der Waals surface area contributed by atoms with Crippen molar-refractivity contribution in [3.63, 3.8) is 0 Å². The van der Waals surface area contributed by atoms with Crippen molar-refractivity contribution in [1.82, 2.24) is 9.88 Å². The molecule has 1 aromatic rings. The van der Waals surface area contributed by atoms with Crippen LogP contribution in [-0.2, 0) is 0 Å². The third kappa shape index (κ3) is 4.50. The number of hydrogen-bond donors (Lipinski definition) is 2. The van der Waals surface area contributed by atoms with Gasteiger partial charge in [0.25, 0.3) is 5.91 Å². The van der Waals surface area contributed by atoms with Gasteiger partial charge in [-0.2, -0.15) is 0 Å². The van der Waals surface area contributed by atoms with Crippen LogP contribution in [0.2, 0.25) is 0 Å². The van der Waals surface area contributed by atoms with Gasteiger partial charge >= 0.3 is 0 Å². The van der Waals surface area contributed by atoms with Crippen molar-refractivity contribution >= 4 is 18.3 Å². The van der Waals surface area contributed by atoms with Gasteiger partial charge in [0, 0.05) is 30.0 Å². The molecule has 1 unspecified atom stereocenters. The first-order chi connectivity index (χ1) is 10.0. The standard InChI is InChI=1S/C17H29N3O.ClH/c1-12(18)9-10-19-17(21)16-11-13(2)20(14(16)3)15-7-5-4-6-8-15;/h11-12,15H,4-10,18H2,1-3H3,(H,19,21);1H. The highest BCUT2D eigenvalue weighted by Crippen LogP contribution is 2.32. The lowest BCUT2D eigenvalue weighted by Crippen LogP contribution is -2.29. The van der Waals surface area contributed by atoms with E-state index in [1.807, 2.05) is 13.0 Å². The summed E-state index contributed by atoms with van der Waals surface area (Å²) in [4.78, 5) is 12.3. The molecular formula is C17H30ClN3O. The molecule has 1 fully saturated rings. The molecule has 5 heteroatoms. The highest BCUT2D eigenvalue weighted by molar-refractivity contribution is 5.95. The Kier molecular flexibility index (Phi) is 7.43. The van der Waals surface area contributed by atoms with Crippen LogP contribution in [0.4, 0.5) is 0 Å². The smallest absolute Gasteiger partial charge is 0.253 e. The average molecular weight is 328 g/mol. The molecule has 1 aliphatic rings. The van der Waals surface area contributed by atoms with E-state index >= 15 is 0 Å². The molecule has 1 heterocycles. The van der Waals surface area contributed by atoms with E-state index in [2.05, 4.69) is 23.7 Å². The fourth-order valence-corrected chi connectivity index (χ4v) is 3.42. The van der Waals surface area contributed by atoms with Crippen LogP contribution >= 0.6 is 12.4 Å². The Morgan fingerprint density at radius 3 is 2.59 bits per heavy atom. The molecule has 2 rings (SSSR count). The van der Waals surface area contributed by atoms with Gasteiger partial charge in [0.2, 0.25) is 0 Å². The zero-order valence-electron chi connectivity index (χ0n) is 14.0. The lowest BCUT2D eigenvalue weighted by Gasteiger charge is -2.26. The van der Waals surface area contributed by atoms with Gasteiger partial charge in [-0.1, -0.05) is 19.3 Å². The Morgan fingerprint density at radius 2 is 2.00 bits per heavy atom. The normalized spacial score (nSPS) is 16.9.